The van der Waals surface area contributed by atoms with Crippen molar-refractivity contribution in [2.45, 2.75) is 0 Å². The molecule has 3 aromatic carbocycles. The van der Waals surface area contributed by atoms with Gasteiger partial charge in [-0.05, 0) is 29.4 Å². The van der Waals surface area contributed by atoms with E-state index >= 15 is 0 Å². The zero-order chi connectivity index (χ0) is 17.2. The molecule has 0 aliphatic rings. The van der Waals surface area contributed by atoms with Crippen LogP contribution in [-0.4, -0.2) is 0 Å². The second-order valence-electron chi connectivity index (χ2n) is 4.85. The fourth-order valence-electron chi connectivity index (χ4n) is 2.36. The Morgan fingerprint density at radius 2 is 1.04 bits per heavy atom. The summed E-state index contributed by atoms with van der Waals surface area (Å²) in [5, 5.41) is 4.13. The molecule has 0 aliphatic carbocycles. The molecule has 3 aromatic rings. The summed E-state index contributed by atoms with van der Waals surface area (Å²) in [4.78, 5) is 0. The van der Waals surface area contributed by atoms with Gasteiger partial charge in [0, 0.05) is 0 Å². The molecule has 0 radical (unpaired) electrons. The van der Waals surface area contributed by atoms with Crippen LogP contribution in [0.5, 0.6) is 0 Å². The van der Waals surface area contributed by atoms with Crippen molar-refractivity contribution in [3.63, 3.8) is 0 Å². The Balaban J connectivity index is 0.000000647. The maximum atomic E-state index is 4.81. The quantitative estimate of drug-likeness (QED) is 0.354. The molecule has 3 rings (SSSR count). The van der Waals surface area contributed by atoms with Crippen molar-refractivity contribution in [1.29, 1.82) is 0 Å². The van der Waals surface area contributed by atoms with E-state index in [1.165, 1.54) is 15.9 Å². The van der Waals surface area contributed by atoms with Gasteiger partial charge < -0.3 is 0 Å². The Kier molecular flexibility index (Phi) is 8.76. The molecule has 24 heavy (non-hydrogen) atoms. The molecule has 0 aliphatic heterocycles. The number of rotatable bonds is 4. The Labute approximate surface area is 161 Å². The van der Waals surface area contributed by atoms with Crippen molar-refractivity contribution >= 4 is 49.0 Å². The molecule has 4 heteroatoms. The molecular formula is C20H17Cl2PPd. The van der Waals surface area contributed by atoms with Gasteiger partial charge in [0.05, 0.1) is 0 Å². The van der Waals surface area contributed by atoms with Gasteiger partial charge in [-0.2, -0.15) is 0 Å². The Morgan fingerprint density at radius 1 is 0.667 bits per heavy atom. The summed E-state index contributed by atoms with van der Waals surface area (Å²) in [6.07, 6.45) is 1.89. The predicted octanol–water partition coefficient (Wildman–Crippen LogP) is 5.46. The van der Waals surface area contributed by atoms with Crippen LogP contribution in [0, 0.1) is 0 Å². The van der Waals surface area contributed by atoms with E-state index in [0.717, 1.165) is 5.56 Å². The molecule has 0 nitrogen and oxygen atoms in total. The molecule has 0 aromatic heterocycles. The maximum absolute atomic E-state index is 4.81. The van der Waals surface area contributed by atoms with E-state index < -0.39 is 7.92 Å². The Morgan fingerprint density at radius 3 is 1.42 bits per heavy atom. The summed E-state index contributed by atoms with van der Waals surface area (Å²) < 4.78 is 0. The van der Waals surface area contributed by atoms with Crippen molar-refractivity contribution in [1.82, 2.24) is 0 Å². The van der Waals surface area contributed by atoms with Gasteiger partial charge in [-0.25, -0.2) is 0 Å². The zero-order valence-electron chi connectivity index (χ0n) is 12.9. The number of halogens is 2. The fourth-order valence-corrected chi connectivity index (χ4v) is 4.64. The number of hydrogen-bond donors (Lipinski definition) is 0. The SMILES string of the molecule is C=Cc1ccc(P(c2ccccc2)c2ccccc2)cc1.[Cl][Pd][Cl]. The fraction of sp³-hybridized carbons (Fsp3) is 0. The second kappa shape index (κ2) is 10.8. The molecule has 0 unspecified atom stereocenters. The van der Waals surface area contributed by atoms with Crippen LogP contribution in [0.25, 0.3) is 6.08 Å². The summed E-state index contributed by atoms with van der Waals surface area (Å²) in [6.45, 7) is 3.83. The topological polar surface area (TPSA) is 0 Å². The van der Waals surface area contributed by atoms with E-state index in [1.54, 1.807) is 0 Å². The van der Waals surface area contributed by atoms with Crippen LogP contribution >= 0.6 is 27.0 Å². The second-order valence-corrected chi connectivity index (χ2v) is 9.43. The average molecular weight is 466 g/mol. The van der Waals surface area contributed by atoms with Crippen LogP contribution < -0.4 is 15.9 Å². The van der Waals surface area contributed by atoms with Crippen LogP contribution in [0.15, 0.2) is 91.5 Å². The first kappa shape index (κ1) is 19.4. The summed E-state index contributed by atoms with van der Waals surface area (Å²) in [5.41, 5.74) is 1.16. The van der Waals surface area contributed by atoms with E-state index in [9.17, 15) is 0 Å². The standard InChI is InChI=1S/C20H17P.2ClH.Pd/c1-2-17-13-15-20(16-14-17)21(18-9-5-3-6-10-18)19-11-7-4-8-12-19;;;/h2-16H,1H2;2*1H;/q;;;+2/p-2. The molecule has 0 bridgehead atoms. The van der Waals surface area contributed by atoms with E-state index in [2.05, 4.69) is 91.5 Å². The van der Waals surface area contributed by atoms with Crippen LogP contribution in [0.1, 0.15) is 5.56 Å². The van der Waals surface area contributed by atoms with Gasteiger partial charge in [-0.3, -0.25) is 0 Å². The van der Waals surface area contributed by atoms with Crippen LogP contribution in [0.4, 0.5) is 0 Å². The van der Waals surface area contributed by atoms with Gasteiger partial charge in [0.1, 0.15) is 0 Å². The average Bonchev–Trinajstić information content (AvgIpc) is 2.65. The third-order valence-corrected chi connectivity index (χ3v) is 5.86. The first-order valence-corrected chi connectivity index (χ1v) is 12.6. The Hall–Kier alpha value is -0.928. The van der Waals surface area contributed by atoms with E-state index in [0.29, 0.717) is 0 Å². The van der Waals surface area contributed by atoms with Gasteiger partial charge in [-0.15, -0.1) is 0 Å². The van der Waals surface area contributed by atoms with Gasteiger partial charge in [0.2, 0.25) is 0 Å². The molecule has 0 saturated carbocycles. The minimum atomic E-state index is -0.498. The van der Waals surface area contributed by atoms with Crippen LogP contribution in [0.2, 0.25) is 0 Å². The Bertz CT molecular complexity index is 691. The van der Waals surface area contributed by atoms with Crippen molar-refractivity contribution in [2.75, 3.05) is 0 Å². The molecule has 0 spiro atoms. The van der Waals surface area contributed by atoms with Crippen LogP contribution in [-0.2, 0) is 15.9 Å². The van der Waals surface area contributed by atoms with E-state index in [1.807, 2.05) is 6.08 Å². The molecule has 0 saturated heterocycles. The van der Waals surface area contributed by atoms with Crippen LogP contribution in [0.3, 0.4) is 0 Å². The third-order valence-electron chi connectivity index (χ3n) is 3.42. The zero-order valence-corrected chi connectivity index (χ0v) is 16.8. The molecule has 0 fully saturated rings. The monoisotopic (exact) mass is 464 g/mol. The van der Waals surface area contributed by atoms with Crippen molar-refractivity contribution in [3.8, 4) is 0 Å². The predicted molar refractivity (Wildman–Crippen MR) is 107 cm³/mol. The van der Waals surface area contributed by atoms with Gasteiger partial charge in [-0.1, -0.05) is 97.6 Å². The van der Waals surface area contributed by atoms with E-state index in [4.69, 9.17) is 19.1 Å². The van der Waals surface area contributed by atoms with Crippen molar-refractivity contribution in [3.05, 3.63) is 97.1 Å². The molecular weight excluding hydrogens is 449 g/mol. The summed E-state index contributed by atoms with van der Waals surface area (Å²) >= 11 is -0.106. The first-order valence-electron chi connectivity index (χ1n) is 7.25. The summed E-state index contributed by atoms with van der Waals surface area (Å²) in [5.74, 6) is 0. The van der Waals surface area contributed by atoms with Gasteiger partial charge >= 0.3 is 35.0 Å². The minimum absolute atomic E-state index is 0.106. The van der Waals surface area contributed by atoms with Gasteiger partial charge in [0.15, 0.2) is 0 Å². The molecule has 0 heterocycles. The number of benzene rings is 3. The summed E-state index contributed by atoms with van der Waals surface area (Å²) in [7, 11) is 9.13. The van der Waals surface area contributed by atoms with Crippen molar-refractivity contribution < 1.29 is 15.9 Å². The van der Waals surface area contributed by atoms with Gasteiger partial charge in [0.25, 0.3) is 0 Å². The summed E-state index contributed by atoms with van der Waals surface area (Å²) in [6, 6.07) is 30.2. The third kappa shape index (κ3) is 5.56. The molecule has 0 amide bonds. The number of hydrogen-bond acceptors (Lipinski definition) is 0. The molecule has 0 atom stereocenters. The normalized spacial score (nSPS) is 10.1. The first-order chi connectivity index (χ1) is 11.8. The van der Waals surface area contributed by atoms with Crippen molar-refractivity contribution in [2.24, 2.45) is 0 Å². The van der Waals surface area contributed by atoms with E-state index in [-0.39, 0.29) is 15.9 Å². The molecule has 0 N–H and O–H groups in total. The molecule has 126 valence electrons.